The van der Waals surface area contributed by atoms with E-state index in [1.807, 2.05) is 26.0 Å². The van der Waals surface area contributed by atoms with E-state index in [9.17, 15) is 27.9 Å². The topological polar surface area (TPSA) is 64.1 Å². The van der Waals surface area contributed by atoms with E-state index in [0.717, 1.165) is 17.8 Å². The van der Waals surface area contributed by atoms with Crippen LogP contribution in [-0.2, 0) is 6.18 Å². The fraction of sp³-hybridized carbons (Fsp3) is 0.290. The molecule has 0 aromatic heterocycles. The Bertz CT molecular complexity index is 1430. The van der Waals surface area contributed by atoms with E-state index >= 15 is 0 Å². The summed E-state index contributed by atoms with van der Waals surface area (Å²) in [6.45, 7) is 6.78. The van der Waals surface area contributed by atoms with E-state index in [-0.39, 0.29) is 22.8 Å². The number of benzene rings is 3. The number of carbonyl (C=O) groups is 2. The molecule has 9 heteroatoms. The van der Waals surface area contributed by atoms with Gasteiger partial charge in [-0.1, -0.05) is 17.9 Å². The number of alkyl halides is 3. The second-order valence-electron chi connectivity index (χ2n) is 9.40. The number of anilines is 1. The normalized spacial score (nSPS) is 13.4. The predicted octanol–water partition coefficient (Wildman–Crippen LogP) is 5.26. The number of carbonyl (C=O) groups excluding carboxylic acids is 2. The van der Waals surface area contributed by atoms with Crippen LogP contribution in [0.1, 0.15) is 51.3 Å². The molecule has 4 rings (SSSR count). The largest absolute Gasteiger partial charge is 0.508 e. The van der Waals surface area contributed by atoms with Crippen molar-refractivity contribution >= 4 is 17.5 Å². The van der Waals surface area contributed by atoms with Gasteiger partial charge in [-0.3, -0.25) is 9.59 Å². The molecule has 1 aliphatic heterocycles. The molecule has 0 bridgehead atoms. The van der Waals surface area contributed by atoms with Crippen LogP contribution in [0, 0.1) is 11.8 Å². The van der Waals surface area contributed by atoms with Gasteiger partial charge in [0.1, 0.15) is 5.75 Å². The molecule has 2 amide bonds. The van der Waals surface area contributed by atoms with Crippen LogP contribution in [0.4, 0.5) is 18.9 Å². The smallest absolute Gasteiger partial charge is 0.416 e. The highest BCUT2D eigenvalue weighted by atomic mass is 19.4. The van der Waals surface area contributed by atoms with Crippen LogP contribution in [0.3, 0.4) is 0 Å². The van der Waals surface area contributed by atoms with Gasteiger partial charge in [0.25, 0.3) is 11.8 Å². The second-order valence-corrected chi connectivity index (χ2v) is 9.40. The van der Waals surface area contributed by atoms with Crippen molar-refractivity contribution in [3.63, 3.8) is 0 Å². The SMILES string of the molecule is CCN(CC)C(=O)c1ccc(N2CCN(C(=O)c3cc(C#Cc4cccc(O)c4)cc(C(F)(F)F)c3)CC2)cc1. The van der Waals surface area contributed by atoms with Crippen LogP contribution >= 0.6 is 0 Å². The Morgan fingerprint density at radius 3 is 2.10 bits per heavy atom. The molecule has 0 saturated carbocycles. The van der Waals surface area contributed by atoms with E-state index in [1.54, 1.807) is 29.2 Å². The molecule has 1 saturated heterocycles. The first-order valence-electron chi connectivity index (χ1n) is 13.1. The fourth-order valence-corrected chi connectivity index (χ4v) is 4.57. The van der Waals surface area contributed by atoms with E-state index in [0.29, 0.717) is 50.4 Å². The number of phenols is 1. The van der Waals surface area contributed by atoms with Gasteiger partial charge in [0, 0.05) is 67.2 Å². The number of halogens is 3. The predicted molar refractivity (Wildman–Crippen MR) is 147 cm³/mol. The van der Waals surface area contributed by atoms with Crippen LogP contribution in [0.5, 0.6) is 5.75 Å². The Balaban J connectivity index is 1.47. The Labute approximate surface area is 231 Å². The van der Waals surface area contributed by atoms with Gasteiger partial charge in [0.2, 0.25) is 0 Å². The van der Waals surface area contributed by atoms with Crippen molar-refractivity contribution in [3.8, 4) is 17.6 Å². The molecule has 6 nitrogen and oxygen atoms in total. The van der Waals surface area contributed by atoms with Crippen molar-refractivity contribution < 1.29 is 27.9 Å². The molecule has 0 aliphatic carbocycles. The van der Waals surface area contributed by atoms with Crippen LogP contribution in [0.2, 0.25) is 0 Å². The van der Waals surface area contributed by atoms with Crippen LogP contribution < -0.4 is 4.90 Å². The number of hydrogen-bond acceptors (Lipinski definition) is 4. The van der Waals surface area contributed by atoms with E-state index in [4.69, 9.17) is 0 Å². The second kappa shape index (κ2) is 12.2. The maximum Gasteiger partial charge on any atom is 0.416 e. The van der Waals surface area contributed by atoms with Crippen LogP contribution in [0.25, 0.3) is 0 Å². The van der Waals surface area contributed by atoms with Crippen molar-refractivity contribution in [2.24, 2.45) is 0 Å². The number of amides is 2. The van der Waals surface area contributed by atoms with Gasteiger partial charge in [0.15, 0.2) is 0 Å². The monoisotopic (exact) mass is 549 g/mol. The zero-order valence-corrected chi connectivity index (χ0v) is 22.3. The number of hydrogen-bond donors (Lipinski definition) is 1. The Hall–Kier alpha value is -4.45. The zero-order chi connectivity index (χ0) is 28.9. The molecular weight excluding hydrogens is 519 g/mol. The summed E-state index contributed by atoms with van der Waals surface area (Å²) in [7, 11) is 0. The van der Waals surface area contributed by atoms with Gasteiger partial charge in [0.05, 0.1) is 5.56 Å². The maximum absolute atomic E-state index is 13.6. The van der Waals surface area contributed by atoms with Gasteiger partial charge in [-0.25, -0.2) is 0 Å². The van der Waals surface area contributed by atoms with Gasteiger partial charge in [-0.15, -0.1) is 0 Å². The minimum absolute atomic E-state index is 0.00471. The minimum Gasteiger partial charge on any atom is -0.508 e. The molecule has 0 spiro atoms. The average molecular weight is 550 g/mol. The lowest BCUT2D eigenvalue weighted by Crippen LogP contribution is -2.48. The highest BCUT2D eigenvalue weighted by molar-refractivity contribution is 5.95. The first kappa shape index (κ1) is 28.6. The fourth-order valence-electron chi connectivity index (χ4n) is 4.57. The summed E-state index contributed by atoms with van der Waals surface area (Å²) in [5.74, 6) is 4.90. The number of aromatic hydroxyl groups is 1. The summed E-state index contributed by atoms with van der Waals surface area (Å²) in [5, 5.41) is 9.60. The molecule has 0 radical (unpaired) electrons. The number of phenolic OH excluding ortho intramolecular Hbond substituents is 1. The molecule has 1 N–H and O–H groups in total. The molecule has 208 valence electrons. The molecule has 3 aromatic carbocycles. The van der Waals surface area contributed by atoms with Gasteiger partial charge in [-0.2, -0.15) is 13.2 Å². The molecular formula is C31H30F3N3O3. The Morgan fingerprint density at radius 2 is 1.50 bits per heavy atom. The van der Waals surface area contributed by atoms with Crippen LogP contribution in [0.15, 0.2) is 66.7 Å². The molecule has 1 heterocycles. The molecule has 1 fully saturated rings. The van der Waals surface area contributed by atoms with Gasteiger partial charge < -0.3 is 19.8 Å². The molecule has 3 aromatic rings. The number of piperazine rings is 1. The van der Waals surface area contributed by atoms with Crippen molar-refractivity contribution in [1.29, 1.82) is 0 Å². The molecule has 0 atom stereocenters. The summed E-state index contributed by atoms with van der Waals surface area (Å²) in [5.41, 5.74) is 0.978. The summed E-state index contributed by atoms with van der Waals surface area (Å²) in [6, 6.07) is 16.5. The van der Waals surface area contributed by atoms with Crippen molar-refractivity contribution in [2.75, 3.05) is 44.2 Å². The minimum atomic E-state index is -4.64. The van der Waals surface area contributed by atoms with Crippen molar-refractivity contribution in [3.05, 3.63) is 94.5 Å². The molecule has 0 unspecified atom stereocenters. The van der Waals surface area contributed by atoms with Crippen molar-refractivity contribution in [2.45, 2.75) is 20.0 Å². The Kier molecular flexibility index (Phi) is 8.68. The summed E-state index contributed by atoms with van der Waals surface area (Å²) < 4.78 is 40.9. The highest BCUT2D eigenvalue weighted by Gasteiger charge is 2.32. The molecule has 1 aliphatic rings. The lowest BCUT2D eigenvalue weighted by Gasteiger charge is -2.36. The average Bonchev–Trinajstić information content (AvgIpc) is 2.96. The maximum atomic E-state index is 13.6. The summed E-state index contributed by atoms with van der Waals surface area (Å²) in [6.07, 6.45) is -4.64. The van der Waals surface area contributed by atoms with Crippen molar-refractivity contribution in [1.82, 2.24) is 9.80 Å². The lowest BCUT2D eigenvalue weighted by molar-refractivity contribution is -0.137. The van der Waals surface area contributed by atoms with Gasteiger partial charge in [-0.05, 0) is 74.5 Å². The zero-order valence-electron chi connectivity index (χ0n) is 22.3. The van der Waals surface area contributed by atoms with Gasteiger partial charge >= 0.3 is 6.18 Å². The van der Waals surface area contributed by atoms with E-state index < -0.39 is 17.6 Å². The number of rotatable bonds is 5. The Morgan fingerprint density at radius 1 is 0.850 bits per heavy atom. The summed E-state index contributed by atoms with van der Waals surface area (Å²) in [4.78, 5) is 31.2. The van der Waals surface area contributed by atoms with E-state index in [2.05, 4.69) is 16.7 Å². The first-order chi connectivity index (χ1) is 19.1. The third-order valence-corrected chi connectivity index (χ3v) is 6.80. The third kappa shape index (κ3) is 6.75. The lowest BCUT2D eigenvalue weighted by atomic mass is 10.0. The van der Waals surface area contributed by atoms with E-state index in [1.165, 1.54) is 23.1 Å². The highest BCUT2D eigenvalue weighted by Crippen LogP contribution is 2.31. The summed E-state index contributed by atoms with van der Waals surface area (Å²) >= 11 is 0. The quantitative estimate of drug-likeness (QED) is 0.442. The molecule has 40 heavy (non-hydrogen) atoms. The third-order valence-electron chi connectivity index (χ3n) is 6.80. The van der Waals surface area contributed by atoms with Crippen LogP contribution in [-0.4, -0.2) is 66.0 Å². The first-order valence-corrected chi connectivity index (χ1v) is 13.1. The number of nitrogens with zero attached hydrogens (tertiary/aromatic N) is 3. The standard InChI is InChI=1S/C31H30F3N3O3/c1-3-35(4-2)29(39)24-10-12-27(13-11-24)36-14-16-37(17-15-36)30(40)25-18-23(19-26(21-25)31(32,33)34)9-8-22-6-5-7-28(38)20-22/h5-7,10-13,18-21,38H,3-4,14-17H2,1-2H3.